The third-order valence-electron chi connectivity index (χ3n) is 3.03. The largest absolute Gasteiger partial charge is 0.368 e. The molecular weight excluding hydrogens is 258 g/mol. The summed E-state index contributed by atoms with van der Waals surface area (Å²) in [6, 6.07) is 0.0997. The van der Waals surface area contributed by atoms with E-state index < -0.39 is 0 Å². The Kier molecular flexibility index (Phi) is 3.99. The average molecular weight is 277 g/mol. The maximum absolute atomic E-state index is 5.75. The van der Waals surface area contributed by atoms with E-state index in [-0.39, 0.29) is 6.04 Å². The second-order valence-corrected chi connectivity index (χ2v) is 5.58. The van der Waals surface area contributed by atoms with Gasteiger partial charge < -0.3 is 11.1 Å². The van der Waals surface area contributed by atoms with Crippen molar-refractivity contribution in [2.45, 2.75) is 40.2 Å². The van der Waals surface area contributed by atoms with Gasteiger partial charge in [0.25, 0.3) is 0 Å². The van der Waals surface area contributed by atoms with Crippen LogP contribution in [0.25, 0.3) is 0 Å². The van der Waals surface area contributed by atoms with Gasteiger partial charge in [0.15, 0.2) is 0 Å². The minimum absolute atomic E-state index is 0.0997. The molecule has 2 aromatic heterocycles. The minimum atomic E-state index is 0.0997. The summed E-state index contributed by atoms with van der Waals surface area (Å²) in [6.07, 6.45) is 0.845. The van der Waals surface area contributed by atoms with Crippen molar-refractivity contribution >= 4 is 23.1 Å². The molecule has 102 valence electrons. The number of nitrogens with one attached hydrogen (secondary N) is 1. The van der Waals surface area contributed by atoms with Gasteiger partial charge in [-0.05, 0) is 27.2 Å². The molecule has 0 aliphatic rings. The Morgan fingerprint density at radius 3 is 2.63 bits per heavy atom. The van der Waals surface area contributed by atoms with Crippen LogP contribution in [0.5, 0.6) is 0 Å². The molecule has 0 saturated heterocycles. The smallest absolute Gasteiger partial charge is 0.222 e. The normalized spacial score (nSPS) is 12.4. The zero-order valence-corrected chi connectivity index (χ0v) is 12.5. The number of aryl methyl sites for hydroxylation is 2. The number of nitrogens with two attached hydrogens (primary N) is 1. The Morgan fingerprint density at radius 2 is 2.05 bits per heavy atom. The molecule has 1 atom stereocenters. The van der Waals surface area contributed by atoms with E-state index in [2.05, 4.69) is 39.5 Å². The van der Waals surface area contributed by atoms with Crippen LogP contribution in [-0.2, 0) is 6.42 Å². The van der Waals surface area contributed by atoms with Crippen molar-refractivity contribution < 1.29 is 0 Å². The summed E-state index contributed by atoms with van der Waals surface area (Å²) in [7, 11) is 0. The minimum Gasteiger partial charge on any atom is -0.368 e. The second-order valence-electron chi connectivity index (χ2n) is 4.51. The summed E-state index contributed by atoms with van der Waals surface area (Å²) in [4.78, 5) is 13.0. The van der Waals surface area contributed by atoms with E-state index in [0.717, 1.165) is 34.2 Å². The molecule has 0 aromatic carbocycles. The molecule has 3 N–H and O–H groups in total. The monoisotopic (exact) mass is 277 g/mol. The van der Waals surface area contributed by atoms with Gasteiger partial charge >= 0.3 is 0 Å². The fourth-order valence-electron chi connectivity index (χ4n) is 1.93. The van der Waals surface area contributed by atoms with Crippen LogP contribution in [0.2, 0.25) is 0 Å². The lowest BCUT2D eigenvalue weighted by molar-refractivity contribution is 0.830. The number of thiazole rings is 1. The third-order valence-corrected chi connectivity index (χ3v) is 3.82. The van der Waals surface area contributed by atoms with Crippen LogP contribution in [0.15, 0.2) is 5.38 Å². The summed E-state index contributed by atoms with van der Waals surface area (Å²) in [6.45, 7) is 8.15. The molecular formula is C13H19N5S. The van der Waals surface area contributed by atoms with Gasteiger partial charge in [0.05, 0.1) is 22.4 Å². The van der Waals surface area contributed by atoms with E-state index in [9.17, 15) is 0 Å². The molecule has 0 radical (unpaired) electrons. The molecule has 0 amide bonds. The van der Waals surface area contributed by atoms with Gasteiger partial charge in [0, 0.05) is 10.9 Å². The van der Waals surface area contributed by atoms with Crippen LogP contribution in [0.3, 0.4) is 0 Å². The summed E-state index contributed by atoms with van der Waals surface area (Å²) in [5.74, 6) is 1.11. The number of rotatable bonds is 4. The molecule has 2 aromatic rings. The Hall–Kier alpha value is -1.69. The number of hydrogen-bond donors (Lipinski definition) is 2. The van der Waals surface area contributed by atoms with Crippen molar-refractivity contribution in [2.75, 3.05) is 11.1 Å². The highest BCUT2D eigenvalue weighted by molar-refractivity contribution is 7.09. The van der Waals surface area contributed by atoms with Crippen molar-refractivity contribution in [3.8, 4) is 0 Å². The summed E-state index contributed by atoms with van der Waals surface area (Å²) >= 11 is 1.65. The molecule has 0 aliphatic carbocycles. The SMILES string of the molecule is CCc1nc(N)nc(NC(C)c2csc(C)n2)c1C. The van der Waals surface area contributed by atoms with E-state index in [1.807, 2.05) is 13.8 Å². The molecule has 2 rings (SSSR count). The van der Waals surface area contributed by atoms with Crippen molar-refractivity contribution in [3.63, 3.8) is 0 Å². The van der Waals surface area contributed by atoms with Crippen molar-refractivity contribution in [2.24, 2.45) is 0 Å². The maximum atomic E-state index is 5.75. The van der Waals surface area contributed by atoms with E-state index >= 15 is 0 Å². The second kappa shape index (κ2) is 5.52. The van der Waals surface area contributed by atoms with Gasteiger partial charge in [0.2, 0.25) is 5.95 Å². The molecule has 19 heavy (non-hydrogen) atoms. The van der Waals surface area contributed by atoms with Crippen molar-refractivity contribution in [1.29, 1.82) is 0 Å². The Labute approximate surface area is 117 Å². The van der Waals surface area contributed by atoms with E-state index in [1.54, 1.807) is 11.3 Å². The molecule has 0 saturated carbocycles. The number of anilines is 2. The highest BCUT2D eigenvalue weighted by Gasteiger charge is 2.13. The van der Waals surface area contributed by atoms with Crippen LogP contribution >= 0.6 is 11.3 Å². The number of nitrogen functional groups attached to an aromatic ring is 1. The number of hydrogen-bond acceptors (Lipinski definition) is 6. The fraction of sp³-hybridized carbons (Fsp3) is 0.462. The molecule has 5 nitrogen and oxygen atoms in total. The third kappa shape index (κ3) is 3.01. The lowest BCUT2D eigenvalue weighted by Crippen LogP contribution is -2.13. The first-order valence-corrected chi connectivity index (χ1v) is 7.20. The van der Waals surface area contributed by atoms with Gasteiger partial charge in [-0.2, -0.15) is 4.98 Å². The van der Waals surface area contributed by atoms with Crippen LogP contribution in [0.1, 0.15) is 41.8 Å². The molecule has 0 bridgehead atoms. The van der Waals surface area contributed by atoms with Crippen molar-refractivity contribution in [1.82, 2.24) is 15.0 Å². The van der Waals surface area contributed by atoms with Crippen LogP contribution in [-0.4, -0.2) is 15.0 Å². The summed E-state index contributed by atoms with van der Waals surface area (Å²) in [5.41, 5.74) is 8.81. The maximum Gasteiger partial charge on any atom is 0.222 e. The van der Waals surface area contributed by atoms with Gasteiger partial charge in [-0.15, -0.1) is 11.3 Å². The highest BCUT2D eigenvalue weighted by Crippen LogP contribution is 2.23. The predicted molar refractivity (Wildman–Crippen MR) is 79.4 cm³/mol. The Balaban J connectivity index is 2.25. The van der Waals surface area contributed by atoms with Gasteiger partial charge in [0.1, 0.15) is 5.82 Å². The highest BCUT2D eigenvalue weighted by atomic mass is 32.1. The van der Waals surface area contributed by atoms with Crippen LogP contribution < -0.4 is 11.1 Å². The summed E-state index contributed by atoms with van der Waals surface area (Å²) in [5, 5.41) is 6.50. The van der Waals surface area contributed by atoms with Gasteiger partial charge in [-0.25, -0.2) is 9.97 Å². The molecule has 1 unspecified atom stereocenters. The van der Waals surface area contributed by atoms with Crippen LogP contribution in [0.4, 0.5) is 11.8 Å². The quantitative estimate of drug-likeness (QED) is 0.898. The van der Waals surface area contributed by atoms with Gasteiger partial charge in [-0.1, -0.05) is 6.92 Å². The Morgan fingerprint density at radius 1 is 1.32 bits per heavy atom. The summed E-state index contributed by atoms with van der Waals surface area (Å²) < 4.78 is 0. The van der Waals surface area contributed by atoms with E-state index in [4.69, 9.17) is 5.73 Å². The van der Waals surface area contributed by atoms with Crippen molar-refractivity contribution in [3.05, 3.63) is 27.3 Å². The van der Waals surface area contributed by atoms with Crippen LogP contribution in [0, 0.1) is 13.8 Å². The fourth-order valence-corrected chi connectivity index (χ4v) is 2.63. The molecule has 0 spiro atoms. The zero-order chi connectivity index (χ0) is 14.0. The first kappa shape index (κ1) is 13.7. The lowest BCUT2D eigenvalue weighted by atomic mass is 10.1. The number of nitrogens with zero attached hydrogens (tertiary/aromatic N) is 3. The molecule has 6 heteroatoms. The van der Waals surface area contributed by atoms with E-state index in [1.165, 1.54) is 0 Å². The standard InChI is InChI=1S/C13H19N5S/c1-5-10-7(2)12(18-13(14)17-10)15-8(3)11-6-19-9(4)16-11/h6,8H,5H2,1-4H3,(H3,14,15,17,18). The molecule has 0 aliphatic heterocycles. The predicted octanol–water partition coefficient (Wildman–Crippen LogP) is 2.87. The first-order chi connectivity index (χ1) is 9.01. The molecule has 2 heterocycles. The van der Waals surface area contributed by atoms with Gasteiger partial charge in [-0.3, -0.25) is 0 Å². The zero-order valence-electron chi connectivity index (χ0n) is 11.7. The Bertz CT molecular complexity index is 578. The first-order valence-electron chi connectivity index (χ1n) is 6.32. The number of aromatic nitrogens is 3. The lowest BCUT2D eigenvalue weighted by Gasteiger charge is -2.16. The molecule has 0 fully saturated rings. The average Bonchev–Trinajstić information content (AvgIpc) is 2.80. The van der Waals surface area contributed by atoms with E-state index in [0.29, 0.717) is 5.95 Å². The topological polar surface area (TPSA) is 76.7 Å².